The molecule has 0 saturated carbocycles. The molecule has 1 saturated heterocycles. The summed E-state index contributed by atoms with van der Waals surface area (Å²) in [5, 5.41) is 9.75. The Morgan fingerprint density at radius 2 is 1.81 bits per heavy atom. The van der Waals surface area contributed by atoms with Crippen molar-refractivity contribution in [3.8, 4) is 5.75 Å². The van der Waals surface area contributed by atoms with E-state index in [0.29, 0.717) is 38.5 Å². The Hall–Kier alpha value is -3.30. The zero-order valence-electron chi connectivity index (χ0n) is 14.3. The van der Waals surface area contributed by atoms with Crippen molar-refractivity contribution in [1.82, 2.24) is 20.1 Å². The molecule has 1 aromatic heterocycles. The molecular weight excluding hydrogens is 340 g/mol. The highest BCUT2D eigenvalue weighted by molar-refractivity contribution is 5.96. The van der Waals surface area contributed by atoms with E-state index < -0.39 is 0 Å². The smallest absolute Gasteiger partial charge is 0.321 e. The summed E-state index contributed by atoms with van der Waals surface area (Å²) in [5.74, 6) is 0.361. The summed E-state index contributed by atoms with van der Waals surface area (Å²) >= 11 is 0. The van der Waals surface area contributed by atoms with Crippen molar-refractivity contribution in [2.75, 3.05) is 43.8 Å². The molecule has 1 aliphatic rings. The number of nitrogens with zero attached hydrogens (tertiary/aromatic N) is 4. The van der Waals surface area contributed by atoms with Crippen LogP contribution < -0.4 is 15.8 Å². The summed E-state index contributed by atoms with van der Waals surface area (Å²) in [7, 11) is 0. The molecule has 10 nitrogen and oxygen atoms in total. The van der Waals surface area contributed by atoms with Crippen LogP contribution in [-0.2, 0) is 0 Å². The van der Waals surface area contributed by atoms with Gasteiger partial charge in [0.15, 0.2) is 0 Å². The molecule has 1 aromatic carbocycles. The maximum Gasteiger partial charge on any atom is 0.321 e. The molecule has 10 heteroatoms. The van der Waals surface area contributed by atoms with Crippen molar-refractivity contribution in [3.63, 3.8) is 0 Å². The average Bonchev–Trinajstić information content (AvgIpc) is 3.09. The van der Waals surface area contributed by atoms with E-state index in [2.05, 4.69) is 20.3 Å². The van der Waals surface area contributed by atoms with Crippen molar-refractivity contribution in [3.05, 3.63) is 30.0 Å². The molecule has 1 fully saturated rings. The normalized spacial score (nSPS) is 14.2. The van der Waals surface area contributed by atoms with Crippen molar-refractivity contribution in [2.45, 2.75) is 6.92 Å². The van der Waals surface area contributed by atoms with Gasteiger partial charge in [-0.05, 0) is 41.5 Å². The lowest BCUT2D eigenvalue weighted by Crippen LogP contribution is -2.51. The highest BCUT2D eigenvalue weighted by Gasteiger charge is 2.28. The topological polar surface area (TPSA) is 127 Å². The number of hydrogen-bond acceptors (Lipinski definition) is 7. The SMILES string of the molecule is CCOc1ccc(NC(=O)N2CCN(C(=O)c3nonc3N)CC2)cc1. The number of urea groups is 1. The van der Waals surface area contributed by atoms with E-state index in [4.69, 9.17) is 10.5 Å². The van der Waals surface area contributed by atoms with Crippen LogP contribution in [-0.4, -0.2) is 64.8 Å². The third-order valence-electron chi connectivity index (χ3n) is 3.99. The zero-order valence-corrected chi connectivity index (χ0v) is 14.3. The standard InChI is InChI=1S/C16H20N6O4/c1-2-25-12-5-3-11(4-6-12)18-16(24)22-9-7-21(8-10-22)15(23)13-14(17)20-26-19-13/h3-6H,2,7-10H2,1H3,(H2,17,20)(H,18,24). The number of carbonyl (C=O) groups is 2. The highest BCUT2D eigenvalue weighted by atomic mass is 16.6. The number of piperazine rings is 1. The summed E-state index contributed by atoms with van der Waals surface area (Å²) < 4.78 is 9.82. The molecule has 0 radical (unpaired) electrons. The second-order valence-electron chi connectivity index (χ2n) is 5.66. The average molecular weight is 360 g/mol. The van der Waals surface area contributed by atoms with Gasteiger partial charge < -0.3 is 25.6 Å². The van der Waals surface area contributed by atoms with Gasteiger partial charge in [0.1, 0.15) is 5.75 Å². The van der Waals surface area contributed by atoms with Crippen LogP contribution in [0, 0.1) is 0 Å². The van der Waals surface area contributed by atoms with Crippen molar-refractivity contribution >= 4 is 23.4 Å². The Kier molecular flexibility index (Phi) is 5.20. The Balaban J connectivity index is 1.52. The van der Waals surface area contributed by atoms with Crippen LogP contribution in [0.1, 0.15) is 17.4 Å². The van der Waals surface area contributed by atoms with Gasteiger partial charge in [0, 0.05) is 31.9 Å². The molecule has 2 aromatic rings. The van der Waals surface area contributed by atoms with Gasteiger partial charge in [-0.1, -0.05) is 0 Å². The van der Waals surface area contributed by atoms with Gasteiger partial charge in [0.2, 0.25) is 11.5 Å². The lowest BCUT2D eigenvalue weighted by molar-refractivity contribution is 0.0661. The van der Waals surface area contributed by atoms with Crippen LogP contribution in [0.15, 0.2) is 28.9 Å². The van der Waals surface area contributed by atoms with E-state index in [9.17, 15) is 9.59 Å². The van der Waals surface area contributed by atoms with Crippen molar-refractivity contribution < 1.29 is 19.0 Å². The van der Waals surface area contributed by atoms with Gasteiger partial charge in [-0.3, -0.25) is 4.79 Å². The second kappa shape index (κ2) is 7.72. The summed E-state index contributed by atoms with van der Waals surface area (Å²) in [4.78, 5) is 27.9. The fraction of sp³-hybridized carbons (Fsp3) is 0.375. The number of carbonyl (C=O) groups excluding carboxylic acids is 2. The second-order valence-corrected chi connectivity index (χ2v) is 5.66. The number of benzene rings is 1. The lowest BCUT2D eigenvalue weighted by Gasteiger charge is -2.34. The molecule has 0 spiro atoms. The highest BCUT2D eigenvalue weighted by Crippen LogP contribution is 2.17. The first kappa shape index (κ1) is 17.5. The van der Waals surface area contributed by atoms with E-state index in [1.54, 1.807) is 34.1 Å². The van der Waals surface area contributed by atoms with Gasteiger partial charge in [0.05, 0.1) is 6.61 Å². The van der Waals surface area contributed by atoms with Crippen LogP contribution in [0.4, 0.5) is 16.3 Å². The summed E-state index contributed by atoms with van der Waals surface area (Å²) in [6.45, 7) is 4.06. The van der Waals surface area contributed by atoms with Crippen LogP contribution >= 0.6 is 0 Å². The Bertz CT molecular complexity index is 767. The molecule has 1 aliphatic heterocycles. The largest absolute Gasteiger partial charge is 0.494 e. The first-order valence-corrected chi connectivity index (χ1v) is 8.24. The van der Waals surface area contributed by atoms with E-state index in [0.717, 1.165) is 5.75 Å². The predicted molar refractivity (Wildman–Crippen MR) is 92.8 cm³/mol. The Labute approximate surface area is 149 Å². The number of nitrogen functional groups attached to an aromatic ring is 1. The Morgan fingerprint density at radius 1 is 1.15 bits per heavy atom. The minimum Gasteiger partial charge on any atom is -0.494 e. The van der Waals surface area contributed by atoms with Crippen molar-refractivity contribution in [2.24, 2.45) is 0 Å². The summed E-state index contributed by atoms with van der Waals surface area (Å²) in [6, 6.07) is 6.94. The number of nitrogens with one attached hydrogen (secondary N) is 1. The number of anilines is 2. The first-order valence-electron chi connectivity index (χ1n) is 8.24. The number of hydrogen-bond donors (Lipinski definition) is 2. The van der Waals surface area contributed by atoms with E-state index >= 15 is 0 Å². The van der Waals surface area contributed by atoms with Crippen LogP contribution in [0.3, 0.4) is 0 Å². The zero-order chi connectivity index (χ0) is 18.5. The predicted octanol–water partition coefficient (Wildman–Crippen LogP) is 1.04. The molecule has 0 aliphatic carbocycles. The molecule has 3 rings (SSSR count). The fourth-order valence-corrected chi connectivity index (χ4v) is 2.61. The van der Waals surface area contributed by atoms with Gasteiger partial charge >= 0.3 is 6.03 Å². The molecule has 26 heavy (non-hydrogen) atoms. The van der Waals surface area contributed by atoms with Gasteiger partial charge in [-0.15, -0.1) is 0 Å². The minimum absolute atomic E-state index is 0.00251. The molecule has 0 bridgehead atoms. The minimum atomic E-state index is -0.352. The molecule has 2 heterocycles. The molecule has 3 amide bonds. The van der Waals surface area contributed by atoms with E-state index in [-0.39, 0.29) is 23.5 Å². The first-order chi connectivity index (χ1) is 12.6. The number of aromatic nitrogens is 2. The molecular formula is C16H20N6O4. The molecule has 138 valence electrons. The van der Waals surface area contributed by atoms with Crippen LogP contribution in [0.5, 0.6) is 5.75 Å². The number of nitrogens with two attached hydrogens (primary N) is 1. The number of amides is 3. The molecule has 0 unspecified atom stereocenters. The van der Waals surface area contributed by atoms with Crippen molar-refractivity contribution in [1.29, 1.82) is 0 Å². The van der Waals surface area contributed by atoms with E-state index in [1.165, 1.54) is 0 Å². The van der Waals surface area contributed by atoms with Crippen LogP contribution in [0.25, 0.3) is 0 Å². The maximum atomic E-state index is 12.4. The van der Waals surface area contributed by atoms with Gasteiger partial charge in [-0.2, -0.15) is 0 Å². The molecule has 3 N–H and O–H groups in total. The lowest BCUT2D eigenvalue weighted by atomic mass is 10.2. The van der Waals surface area contributed by atoms with Gasteiger partial charge in [-0.25, -0.2) is 9.42 Å². The quantitative estimate of drug-likeness (QED) is 0.834. The summed E-state index contributed by atoms with van der Waals surface area (Å²) in [6.07, 6.45) is 0. The van der Waals surface area contributed by atoms with E-state index in [1.807, 2.05) is 6.92 Å². The Morgan fingerprint density at radius 3 is 2.38 bits per heavy atom. The summed E-state index contributed by atoms with van der Waals surface area (Å²) in [5.41, 5.74) is 6.22. The fourth-order valence-electron chi connectivity index (χ4n) is 2.61. The third kappa shape index (κ3) is 3.85. The van der Waals surface area contributed by atoms with Gasteiger partial charge in [0.25, 0.3) is 5.91 Å². The monoisotopic (exact) mass is 360 g/mol. The maximum absolute atomic E-state index is 12.4. The van der Waals surface area contributed by atoms with Crippen LogP contribution in [0.2, 0.25) is 0 Å². The number of rotatable bonds is 4. The number of ether oxygens (including phenoxy) is 1. The third-order valence-corrected chi connectivity index (χ3v) is 3.99. The molecule has 0 atom stereocenters.